The number of pyridine rings is 1. The number of hydrogen-bond acceptors (Lipinski definition) is 5. The van der Waals surface area contributed by atoms with Crippen molar-refractivity contribution in [3.8, 4) is 0 Å². The Morgan fingerprint density at radius 3 is 2.71 bits per heavy atom. The summed E-state index contributed by atoms with van der Waals surface area (Å²) in [5, 5.41) is 3.10. The van der Waals surface area contributed by atoms with E-state index in [9.17, 15) is 13.2 Å². The van der Waals surface area contributed by atoms with Crippen molar-refractivity contribution >= 4 is 15.9 Å². The van der Waals surface area contributed by atoms with Gasteiger partial charge < -0.3 is 14.6 Å². The maximum atomic E-state index is 12.2. The normalized spacial score (nSPS) is 16.8. The van der Waals surface area contributed by atoms with Crippen LogP contribution >= 0.6 is 0 Å². The molecule has 1 saturated heterocycles. The molecule has 0 bridgehead atoms. The lowest BCUT2D eigenvalue weighted by Gasteiger charge is -2.26. The molecule has 21 heavy (non-hydrogen) atoms. The van der Waals surface area contributed by atoms with Gasteiger partial charge in [0.05, 0.1) is 12.3 Å². The number of anilines is 1. The summed E-state index contributed by atoms with van der Waals surface area (Å²) in [7, 11) is -2.05. The van der Waals surface area contributed by atoms with Crippen LogP contribution in [-0.4, -0.2) is 57.2 Å². The van der Waals surface area contributed by atoms with Crippen molar-refractivity contribution in [1.82, 2.24) is 14.2 Å². The lowest BCUT2D eigenvalue weighted by molar-refractivity contribution is 0.186. The van der Waals surface area contributed by atoms with E-state index in [1.807, 2.05) is 0 Å². The molecule has 1 aliphatic rings. The third kappa shape index (κ3) is 4.27. The molecular formula is C12H20N4O4S. The van der Waals surface area contributed by atoms with Gasteiger partial charge in [0, 0.05) is 52.1 Å². The van der Waals surface area contributed by atoms with E-state index in [1.165, 1.54) is 27.2 Å². The zero-order chi connectivity index (χ0) is 15.3. The first-order chi connectivity index (χ1) is 10.0. The summed E-state index contributed by atoms with van der Waals surface area (Å²) in [6.45, 7) is 2.88. The maximum absolute atomic E-state index is 12.2. The Balaban J connectivity index is 2.13. The fourth-order valence-electron chi connectivity index (χ4n) is 2.05. The van der Waals surface area contributed by atoms with Gasteiger partial charge in [-0.25, -0.2) is 0 Å². The molecular weight excluding hydrogens is 296 g/mol. The van der Waals surface area contributed by atoms with Crippen molar-refractivity contribution < 1.29 is 13.2 Å². The molecule has 2 rings (SSSR count). The van der Waals surface area contributed by atoms with E-state index in [4.69, 9.17) is 4.74 Å². The first-order valence-electron chi connectivity index (χ1n) is 6.71. The summed E-state index contributed by atoms with van der Waals surface area (Å²) in [5.41, 5.74) is 0.168. The van der Waals surface area contributed by atoms with Crippen LogP contribution in [0.4, 0.5) is 5.69 Å². The minimum Gasteiger partial charge on any atom is -0.383 e. The second-order valence-corrected chi connectivity index (χ2v) is 6.37. The third-order valence-electron chi connectivity index (χ3n) is 3.18. The molecule has 1 aliphatic heterocycles. The first-order valence-corrected chi connectivity index (χ1v) is 8.15. The average Bonchev–Trinajstić information content (AvgIpc) is 2.48. The fraction of sp³-hybridized carbons (Fsp3) is 0.583. The van der Waals surface area contributed by atoms with Gasteiger partial charge in [0.2, 0.25) is 0 Å². The van der Waals surface area contributed by atoms with Gasteiger partial charge in [-0.05, 0) is 6.07 Å². The monoisotopic (exact) mass is 316 g/mol. The van der Waals surface area contributed by atoms with E-state index in [-0.39, 0.29) is 5.56 Å². The number of piperazine rings is 1. The highest BCUT2D eigenvalue weighted by Gasteiger charge is 2.23. The number of methoxy groups -OCH3 is 1. The SMILES string of the molecule is COCCn1cc(NS(=O)(=O)N2CCNCC2)ccc1=O. The molecule has 1 aromatic heterocycles. The van der Waals surface area contributed by atoms with Crippen LogP contribution in [0.15, 0.2) is 23.1 Å². The highest BCUT2D eigenvalue weighted by atomic mass is 32.2. The summed E-state index contributed by atoms with van der Waals surface area (Å²) in [5.74, 6) is 0. The number of nitrogens with one attached hydrogen (secondary N) is 2. The molecule has 118 valence electrons. The van der Waals surface area contributed by atoms with E-state index < -0.39 is 10.2 Å². The van der Waals surface area contributed by atoms with E-state index in [2.05, 4.69) is 10.0 Å². The molecule has 0 unspecified atom stereocenters. The fourth-order valence-corrected chi connectivity index (χ4v) is 3.27. The zero-order valence-electron chi connectivity index (χ0n) is 11.9. The van der Waals surface area contributed by atoms with Gasteiger partial charge in [0.1, 0.15) is 0 Å². The maximum Gasteiger partial charge on any atom is 0.301 e. The standard InChI is InChI=1S/C12H20N4O4S/c1-20-9-8-15-10-11(2-3-12(15)17)14-21(18,19)16-6-4-13-5-7-16/h2-3,10,13-14H,4-9H2,1H3. The van der Waals surface area contributed by atoms with Crippen molar-refractivity contribution in [1.29, 1.82) is 0 Å². The van der Waals surface area contributed by atoms with Crippen molar-refractivity contribution in [3.63, 3.8) is 0 Å². The van der Waals surface area contributed by atoms with Gasteiger partial charge in [0.25, 0.3) is 5.56 Å². The second-order valence-electron chi connectivity index (χ2n) is 4.70. The lowest BCUT2D eigenvalue weighted by Crippen LogP contribution is -2.48. The Labute approximate surface area is 123 Å². The third-order valence-corrected chi connectivity index (χ3v) is 4.72. The summed E-state index contributed by atoms with van der Waals surface area (Å²) >= 11 is 0. The Bertz CT molecular complexity index is 622. The zero-order valence-corrected chi connectivity index (χ0v) is 12.7. The first kappa shape index (κ1) is 16.0. The predicted molar refractivity (Wildman–Crippen MR) is 79.6 cm³/mol. The van der Waals surface area contributed by atoms with Gasteiger partial charge >= 0.3 is 10.2 Å². The van der Waals surface area contributed by atoms with Gasteiger partial charge in [-0.15, -0.1) is 0 Å². The highest BCUT2D eigenvalue weighted by Crippen LogP contribution is 2.10. The molecule has 1 aromatic rings. The van der Waals surface area contributed by atoms with Gasteiger partial charge in [-0.3, -0.25) is 9.52 Å². The molecule has 0 amide bonds. The number of rotatable bonds is 6. The molecule has 2 N–H and O–H groups in total. The number of ether oxygens (including phenoxy) is 1. The second kappa shape index (κ2) is 7.03. The van der Waals surface area contributed by atoms with Crippen molar-refractivity contribution in [2.45, 2.75) is 6.54 Å². The minimum atomic E-state index is -3.59. The van der Waals surface area contributed by atoms with Crippen molar-refractivity contribution in [2.75, 3.05) is 44.6 Å². The molecule has 0 aromatic carbocycles. The van der Waals surface area contributed by atoms with Gasteiger partial charge in [0.15, 0.2) is 0 Å². The topological polar surface area (TPSA) is 92.7 Å². The van der Waals surface area contributed by atoms with E-state index in [0.717, 1.165) is 0 Å². The highest BCUT2D eigenvalue weighted by molar-refractivity contribution is 7.90. The van der Waals surface area contributed by atoms with Crippen LogP contribution < -0.4 is 15.6 Å². The smallest absolute Gasteiger partial charge is 0.301 e. The summed E-state index contributed by atoms with van der Waals surface area (Å²) in [6, 6.07) is 2.80. The minimum absolute atomic E-state index is 0.197. The summed E-state index contributed by atoms with van der Waals surface area (Å²) in [6.07, 6.45) is 1.49. The Morgan fingerprint density at radius 2 is 2.05 bits per heavy atom. The predicted octanol–water partition coefficient (Wildman–Crippen LogP) is -0.943. The lowest BCUT2D eigenvalue weighted by atomic mass is 10.4. The summed E-state index contributed by atoms with van der Waals surface area (Å²) in [4.78, 5) is 11.7. The molecule has 0 spiro atoms. The van der Waals surface area contributed by atoms with E-state index in [1.54, 1.807) is 7.11 Å². The molecule has 2 heterocycles. The number of aromatic nitrogens is 1. The van der Waals surface area contributed by atoms with Gasteiger partial charge in [-0.1, -0.05) is 0 Å². The van der Waals surface area contributed by atoms with Crippen LogP contribution in [0.5, 0.6) is 0 Å². The van der Waals surface area contributed by atoms with Crippen LogP contribution in [0.1, 0.15) is 0 Å². The largest absolute Gasteiger partial charge is 0.383 e. The van der Waals surface area contributed by atoms with Crippen molar-refractivity contribution in [2.24, 2.45) is 0 Å². The Kier molecular flexibility index (Phi) is 5.34. The quantitative estimate of drug-likeness (QED) is 0.706. The molecule has 0 radical (unpaired) electrons. The van der Waals surface area contributed by atoms with Crippen LogP contribution in [0, 0.1) is 0 Å². The van der Waals surface area contributed by atoms with Crippen LogP contribution in [0.3, 0.4) is 0 Å². The van der Waals surface area contributed by atoms with E-state index in [0.29, 0.717) is 45.0 Å². The molecule has 0 saturated carbocycles. The molecule has 9 heteroatoms. The molecule has 1 fully saturated rings. The van der Waals surface area contributed by atoms with Crippen LogP contribution in [0.25, 0.3) is 0 Å². The van der Waals surface area contributed by atoms with Gasteiger partial charge in [-0.2, -0.15) is 12.7 Å². The van der Waals surface area contributed by atoms with Crippen molar-refractivity contribution in [3.05, 3.63) is 28.7 Å². The van der Waals surface area contributed by atoms with Crippen LogP contribution in [0.2, 0.25) is 0 Å². The molecule has 0 atom stereocenters. The van der Waals surface area contributed by atoms with E-state index >= 15 is 0 Å². The average molecular weight is 316 g/mol. The number of hydrogen-bond donors (Lipinski definition) is 2. The number of nitrogens with zero attached hydrogens (tertiary/aromatic N) is 2. The Hall–Kier alpha value is -1.42. The molecule has 8 nitrogen and oxygen atoms in total. The van der Waals surface area contributed by atoms with Crippen LogP contribution in [-0.2, 0) is 21.5 Å². The Morgan fingerprint density at radius 1 is 1.33 bits per heavy atom. The summed E-state index contributed by atoms with van der Waals surface area (Å²) < 4.78 is 34.7. The molecule has 0 aliphatic carbocycles.